The predicted molar refractivity (Wildman–Crippen MR) is 103 cm³/mol. The molecule has 2 aliphatic heterocycles. The van der Waals surface area contributed by atoms with Crippen LogP contribution in [0.15, 0.2) is 42.5 Å². The summed E-state index contributed by atoms with van der Waals surface area (Å²) in [5, 5.41) is 0. The fourth-order valence-electron chi connectivity index (χ4n) is 4.76. The SMILES string of the molecule is CC(=O)N1CC[C@]2(c3ccccc3)CCN(Cc3ccc(C)s3)C[C@H]12. The van der Waals surface area contributed by atoms with Crippen molar-refractivity contribution in [2.45, 2.75) is 44.7 Å². The molecule has 25 heavy (non-hydrogen) atoms. The topological polar surface area (TPSA) is 23.6 Å². The molecule has 4 rings (SSSR count). The Kier molecular flexibility index (Phi) is 4.42. The zero-order chi connectivity index (χ0) is 17.4. The summed E-state index contributed by atoms with van der Waals surface area (Å²) in [5.41, 5.74) is 1.55. The minimum absolute atomic E-state index is 0.134. The first-order chi connectivity index (χ1) is 12.1. The van der Waals surface area contributed by atoms with Gasteiger partial charge in [-0.05, 0) is 44.0 Å². The van der Waals surface area contributed by atoms with Gasteiger partial charge in [-0.15, -0.1) is 11.3 Å². The fraction of sp³-hybridized carbons (Fsp3) is 0.476. The summed E-state index contributed by atoms with van der Waals surface area (Å²) in [6.45, 7) is 7.87. The summed E-state index contributed by atoms with van der Waals surface area (Å²) in [4.78, 5) is 19.7. The minimum atomic E-state index is 0.134. The highest BCUT2D eigenvalue weighted by molar-refractivity contribution is 7.11. The van der Waals surface area contributed by atoms with Crippen LogP contribution in [0.4, 0.5) is 0 Å². The molecule has 1 aromatic heterocycles. The molecule has 2 atom stereocenters. The van der Waals surface area contributed by atoms with Crippen molar-refractivity contribution in [1.29, 1.82) is 0 Å². The van der Waals surface area contributed by atoms with Gasteiger partial charge in [0.2, 0.25) is 5.91 Å². The number of rotatable bonds is 3. The molecule has 132 valence electrons. The smallest absolute Gasteiger partial charge is 0.219 e. The van der Waals surface area contributed by atoms with Gasteiger partial charge in [0, 0.05) is 41.7 Å². The van der Waals surface area contributed by atoms with Gasteiger partial charge in [-0.25, -0.2) is 0 Å². The number of amides is 1. The number of hydrogen-bond donors (Lipinski definition) is 0. The second kappa shape index (κ2) is 6.58. The largest absolute Gasteiger partial charge is 0.338 e. The van der Waals surface area contributed by atoms with Crippen LogP contribution in [0, 0.1) is 6.92 Å². The van der Waals surface area contributed by atoms with E-state index in [-0.39, 0.29) is 11.3 Å². The molecule has 3 heterocycles. The number of thiophene rings is 1. The molecular formula is C21H26N2OS. The molecule has 2 aliphatic rings. The number of benzene rings is 1. The average Bonchev–Trinajstić information content (AvgIpc) is 3.20. The summed E-state index contributed by atoms with van der Waals surface area (Å²) in [7, 11) is 0. The van der Waals surface area contributed by atoms with E-state index in [0.717, 1.165) is 39.0 Å². The van der Waals surface area contributed by atoms with Crippen molar-refractivity contribution >= 4 is 17.2 Å². The van der Waals surface area contributed by atoms with Gasteiger partial charge in [-0.2, -0.15) is 0 Å². The molecule has 3 nitrogen and oxygen atoms in total. The summed E-state index contributed by atoms with van der Waals surface area (Å²) in [6, 6.07) is 15.6. The van der Waals surface area contributed by atoms with Crippen LogP contribution in [0.5, 0.6) is 0 Å². The number of hydrogen-bond acceptors (Lipinski definition) is 3. The monoisotopic (exact) mass is 354 g/mol. The van der Waals surface area contributed by atoms with E-state index in [9.17, 15) is 4.79 Å². The highest BCUT2D eigenvalue weighted by Crippen LogP contribution is 2.46. The lowest BCUT2D eigenvalue weighted by Gasteiger charge is -2.46. The highest BCUT2D eigenvalue weighted by Gasteiger charge is 2.51. The Morgan fingerprint density at radius 1 is 1.16 bits per heavy atom. The van der Waals surface area contributed by atoms with E-state index in [1.54, 1.807) is 6.92 Å². The number of nitrogens with zero attached hydrogens (tertiary/aromatic N) is 2. The van der Waals surface area contributed by atoms with Gasteiger partial charge in [-0.1, -0.05) is 30.3 Å². The maximum absolute atomic E-state index is 12.3. The van der Waals surface area contributed by atoms with Gasteiger partial charge < -0.3 is 4.90 Å². The van der Waals surface area contributed by atoms with Gasteiger partial charge in [0.15, 0.2) is 0 Å². The number of carbonyl (C=O) groups is 1. The Morgan fingerprint density at radius 2 is 1.92 bits per heavy atom. The van der Waals surface area contributed by atoms with E-state index >= 15 is 0 Å². The van der Waals surface area contributed by atoms with Crippen LogP contribution in [0.2, 0.25) is 0 Å². The van der Waals surface area contributed by atoms with Crippen molar-refractivity contribution in [3.05, 3.63) is 57.8 Å². The van der Waals surface area contributed by atoms with E-state index < -0.39 is 0 Å². The van der Waals surface area contributed by atoms with E-state index in [4.69, 9.17) is 0 Å². The Labute approximate surface area is 154 Å². The van der Waals surface area contributed by atoms with Crippen LogP contribution in [-0.2, 0) is 16.8 Å². The van der Waals surface area contributed by atoms with Crippen LogP contribution in [-0.4, -0.2) is 41.4 Å². The van der Waals surface area contributed by atoms with E-state index in [0.29, 0.717) is 6.04 Å². The molecule has 0 radical (unpaired) electrons. The Balaban J connectivity index is 1.60. The van der Waals surface area contributed by atoms with Gasteiger partial charge in [0.1, 0.15) is 0 Å². The summed E-state index contributed by atoms with van der Waals surface area (Å²) < 4.78 is 0. The molecule has 0 bridgehead atoms. The van der Waals surface area contributed by atoms with Gasteiger partial charge in [0.05, 0.1) is 6.04 Å². The number of likely N-dealkylation sites (tertiary alicyclic amines) is 2. The van der Waals surface area contributed by atoms with Crippen molar-refractivity contribution in [1.82, 2.24) is 9.80 Å². The first-order valence-electron chi connectivity index (χ1n) is 9.19. The summed E-state index contributed by atoms with van der Waals surface area (Å²) in [5.74, 6) is 0.219. The lowest BCUT2D eigenvalue weighted by molar-refractivity contribution is -0.131. The molecule has 0 aliphatic carbocycles. The van der Waals surface area contributed by atoms with Gasteiger partial charge in [-0.3, -0.25) is 9.69 Å². The Hall–Kier alpha value is -1.65. The predicted octanol–water partition coefficient (Wildman–Crippen LogP) is 3.82. The molecule has 2 fully saturated rings. The molecule has 2 aromatic rings. The minimum Gasteiger partial charge on any atom is -0.338 e. The van der Waals surface area contributed by atoms with Crippen molar-refractivity contribution < 1.29 is 4.79 Å². The molecule has 2 saturated heterocycles. The second-order valence-corrected chi connectivity index (χ2v) is 8.87. The van der Waals surface area contributed by atoms with E-state index in [1.807, 2.05) is 11.3 Å². The highest BCUT2D eigenvalue weighted by atomic mass is 32.1. The van der Waals surface area contributed by atoms with Crippen molar-refractivity contribution in [3.63, 3.8) is 0 Å². The molecule has 0 N–H and O–H groups in total. The molecule has 0 spiro atoms. The van der Waals surface area contributed by atoms with Gasteiger partial charge in [0.25, 0.3) is 0 Å². The molecule has 1 aromatic carbocycles. The summed E-state index contributed by atoms with van der Waals surface area (Å²) in [6.07, 6.45) is 2.23. The first kappa shape index (κ1) is 16.8. The number of fused-ring (bicyclic) bond motifs is 1. The van der Waals surface area contributed by atoms with E-state index in [1.165, 1.54) is 15.3 Å². The number of carbonyl (C=O) groups excluding carboxylic acids is 1. The maximum atomic E-state index is 12.3. The Morgan fingerprint density at radius 3 is 2.60 bits per heavy atom. The lowest BCUT2D eigenvalue weighted by Crippen LogP contribution is -2.56. The average molecular weight is 355 g/mol. The zero-order valence-electron chi connectivity index (χ0n) is 15.1. The fourth-order valence-corrected chi connectivity index (χ4v) is 5.69. The Bertz CT molecular complexity index is 756. The molecule has 4 heteroatoms. The normalized spacial score (nSPS) is 26.6. The quantitative estimate of drug-likeness (QED) is 0.836. The van der Waals surface area contributed by atoms with Crippen LogP contribution in [0.1, 0.15) is 35.1 Å². The van der Waals surface area contributed by atoms with Crippen LogP contribution < -0.4 is 0 Å². The van der Waals surface area contributed by atoms with Crippen molar-refractivity contribution in [2.24, 2.45) is 0 Å². The molecule has 0 saturated carbocycles. The van der Waals surface area contributed by atoms with Crippen LogP contribution >= 0.6 is 11.3 Å². The van der Waals surface area contributed by atoms with Crippen molar-refractivity contribution in [2.75, 3.05) is 19.6 Å². The molecular weight excluding hydrogens is 328 g/mol. The lowest BCUT2D eigenvalue weighted by atomic mass is 9.69. The maximum Gasteiger partial charge on any atom is 0.219 e. The van der Waals surface area contributed by atoms with Crippen LogP contribution in [0.3, 0.4) is 0 Å². The third-order valence-electron chi connectivity index (χ3n) is 6.05. The third kappa shape index (κ3) is 3.02. The van der Waals surface area contributed by atoms with Gasteiger partial charge >= 0.3 is 0 Å². The summed E-state index contributed by atoms with van der Waals surface area (Å²) >= 11 is 1.89. The molecule has 0 unspecified atom stereocenters. The third-order valence-corrected chi connectivity index (χ3v) is 7.03. The standard InChI is InChI=1S/C21H26N2OS/c1-16-8-9-19(25-16)14-22-12-10-21(18-6-4-3-5-7-18)11-13-23(17(2)24)20(21)15-22/h3-9,20H,10-15H2,1-2H3/t20-,21-/m0/s1. The molecule has 1 amide bonds. The van der Waals surface area contributed by atoms with Crippen LogP contribution in [0.25, 0.3) is 0 Å². The first-order valence-corrected chi connectivity index (χ1v) is 10.0. The number of piperidine rings is 1. The second-order valence-electron chi connectivity index (χ2n) is 7.50. The van der Waals surface area contributed by atoms with E-state index in [2.05, 4.69) is 59.2 Å². The van der Waals surface area contributed by atoms with Crippen molar-refractivity contribution in [3.8, 4) is 0 Å². The zero-order valence-corrected chi connectivity index (χ0v) is 15.9. The number of aryl methyl sites for hydroxylation is 1.